The molecule has 0 fully saturated rings. The molecule has 5 nitrogen and oxygen atoms in total. The highest BCUT2D eigenvalue weighted by Crippen LogP contribution is 2.29. The average Bonchev–Trinajstić information content (AvgIpc) is 2.70. The van der Waals surface area contributed by atoms with Crippen LogP contribution in [-0.2, 0) is 10.0 Å². The van der Waals surface area contributed by atoms with Crippen molar-refractivity contribution in [3.05, 3.63) is 54.1 Å². The van der Waals surface area contributed by atoms with Gasteiger partial charge in [-0.05, 0) is 75.8 Å². The van der Waals surface area contributed by atoms with Gasteiger partial charge in [0, 0.05) is 24.5 Å². The maximum absolute atomic E-state index is 12.7. The maximum Gasteiger partial charge on any atom is 0.240 e. The number of nitrogens with one attached hydrogen (secondary N) is 1. The zero-order chi connectivity index (χ0) is 20.6. The van der Waals surface area contributed by atoms with Crippen molar-refractivity contribution < 1.29 is 8.42 Å². The van der Waals surface area contributed by atoms with Crippen LogP contribution in [0.2, 0.25) is 0 Å². The lowest BCUT2D eigenvalue weighted by Crippen LogP contribution is -2.30. The van der Waals surface area contributed by atoms with Crippen molar-refractivity contribution in [2.75, 3.05) is 37.6 Å². The standard InChI is InChI=1S/C22H33N3O2S/c1-5-24(6-2)17-11-16-23-28(26,27)21-14-15-22(19(4)18-21)25(7-3)20-12-9-8-10-13-20/h8-10,12-15,18,23H,5-7,11,16-17H2,1-4H3. The van der Waals surface area contributed by atoms with Crippen LogP contribution in [0.15, 0.2) is 53.4 Å². The summed E-state index contributed by atoms with van der Waals surface area (Å²) in [6.07, 6.45) is 0.801. The lowest BCUT2D eigenvalue weighted by atomic mass is 10.1. The smallest absolute Gasteiger partial charge is 0.240 e. The molecule has 0 saturated heterocycles. The first kappa shape index (κ1) is 22.4. The van der Waals surface area contributed by atoms with E-state index in [0.29, 0.717) is 11.4 Å². The fourth-order valence-corrected chi connectivity index (χ4v) is 4.49. The van der Waals surface area contributed by atoms with Crippen LogP contribution in [0.1, 0.15) is 32.8 Å². The van der Waals surface area contributed by atoms with Crippen molar-refractivity contribution in [2.45, 2.75) is 39.0 Å². The molecule has 154 valence electrons. The highest BCUT2D eigenvalue weighted by molar-refractivity contribution is 7.89. The van der Waals surface area contributed by atoms with Crippen LogP contribution >= 0.6 is 0 Å². The quantitative estimate of drug-likeness (QED) is 0.572. The molecular formula is C22H33N3O2S. The van der Waals surface area contributed by atoms with Gasteiger partial charge in [-0.2, -0.15) is 0 Å². The molecule has 28 heavy (non-hydrogen) atoms. The lowest BCUT2D eigenvalue weighted by Gasteiger charge is -2.25. The molecule has 2 rings (SSSR count). The Labute approximate surface area is 170 Å². The number of nitrogens with zero attached hydrogens (tertiary/aromatic N) is 2. The first-order valence-corrected chi connectivity index (χ1v) is 11.6. The number of aryl methyl sites for hydroxylation is 1. The molecule has 0 radical (unpaired) electrons. The van der Waals surface area contributed by atoms with Crippen LogP contribution < -0.4 is 9.62 Å². The number of benzene rings is 2. The summed E-state index contributed by atoms with van der Waals surface area (Å²) in [6, 6.07) is 15.5. The summed E-state index contributed by atoms with van der Waals surface area (Å²) in [7, 11) is -3.50. The van der Waals surface area contributed by atoms with Gasteiger partial charge >= 0.3 is 0 Å². The van der Waals surface area contributed by atoms with Crippen LogP contribution in [0.25, 0.3) is 0 Å². The maximum atomic E-state index is 12.7. The van der Waals surface area contributed by atoms with E-state index in [1.54, 1.807) is 12.1 Å². The number of hydrogen-bond donors (Lipinski definition) is 1. The Hall–Kier alpha value is -1.89. The largest absolute Gasteiger partial charge is 0.342 e. The van der Waals surface area contributed by atoms with Crippen LogP contribution in [0.4, 0.5) is 11.4 Å². The van der Waals surface area contributed by atoms with Gasteiger partial charge in [0.1, 0.15) is 0 Å². The van der Waals surface area contributed by atoms with Crippen molar-refractivity contribution in [2.24, 2.45) is 0 Å². The Morgan fingerprint density at radius 3 is 2.18 bits per heavy atom. The van der Waals surface area contributed by atoms with Crippen LogP contribution in [-0.4, -0.2) is 46.0 Å². The Morgan fingerprint density at radius 1 is 0.929 bits per heavy atom. The minimum atomic E-state index is -3.50. The van der Waals surface area contributed by atoms with E-state index in [1.807, 2.05) is 31.2 Å². The third-order valence-electron chi connectivity index (χ3n) is 4.99. The molecule has 0 amide bonds. The second-order valence-corrected chi connectivity index (χ2v) is 8.57. The normalized spacial score (nSPS) is 11.8. The minimum Gasteiger partial charge on any atom is -0.342 e. The summed E-state index contributed by atoms with van der Waals surface area (Å²) in [5.74, 6) is 0. The highest BCUT2D eigenvalue weighted by atomic mass is 32.2. The highest BCUT2D eigenvalue weighted by Gasteiger charge is 2.17. The monoisotopic (exact) mass is 403 g/mol. The first-order chi connectivity index (χ1) is 13.4. The Morgan fingerprint density at radius 2 is 1.61 bits per heavy atom. The fourth-order valence-electron chi connectivity index (χ4n) is 3.33. The molecule has 0 aliphatic rings. The van der Waals surface area contributed by atoms with E-state index in [2.05, 4.69) is 47.4 Å². The van der Waals surface area contributed by atoms with Gasteiger partial charge in [0.05, 0.1) is 4.90 Å². The van der Waals surface area contributed by atoms with Crippen LogP contribution in [0, 0.1) is 6.92 Å². The summed E-state index contributed by atoms with van der Waals surface area (Å²) >= 11 is 0. The van der Waals surface area contributed by atoms with Crippen molar-refractivity contribution >= 4 is 21.4 Å². The van der Waals surface area contributed by atoms with E-state index in [9.17, 15) is 8.42 Å². The summed E-state index contributed by atoms with van der Waals surface area (Å²) in [5.41, 5.74) is 3.06. The number of rotatable bonds is 11. The second-order valence-electron chi connectivity index (χ2n) is 6.81. The minimum absolute atomic E-state index is 0.320. The molecule has 2 aromatic carbocycles. The summed E-state index contributed by atoms with van der Waals surface area (Å²) < 4.78 is 28.0. The van der Waals surface area contributed by atoms with Crippen LogP contribution in [0.5, 0.6) is 0 Å². The van der Waals surface area contributed by atoms with Gasteiger partial charge in [-0.15, -0.1) is 0 Å². The number of hydrogen-bond acceptors (Lipinski definition) is 4. The SMILES string of the molecule is CCN(CC)CCCNS(=O)(=O)c1ccc(N(CC)c2ccccc2)c(C)c1. The molecule has 0 bridgehead atoms. The molecule has 0 unspecified atom stereocenters. The lowest BCUT2D eigenvalue weighted by molar-refractivity contribution is 0.300. The number of sulfonamides is 1. The summed E-state index contributed by atoms with van der Waals surface area (Å²) in [5, 5.41) is 0. The number of para-hydroxylation sites is 1. The van der Waals surface area contributed by atoms with E-state index in [4.69, 9.17) is 0 Å². The van der Waals surface area contributed by atoms with Crippen LogP contribution in [0.3, 0.4) is 0 Å². The van der Waals surface area contributed by atoms with Gasteiger partial charge in [0.2, 0.25) is 10.0 Å². The molecule has 0 atom stereocenters. The molecule has 0 heterocycles. The van der Waals surface area contributed by atoms with Gasteiger partial charge in [0.25, 0.3) is 0 Å². The molecule has 0 spiro atoms. The molecule has 6 heteroatoms. The van der Waals surface area contributed by atoms with Gasteiger partial charge in [0.15, 0.2) is 0 Å². The van der Waals surface area contributed by atoms with Gasteiger partial charge in [-0.25, -0.2) is 13.1 Å². The van der Waals surface area contributed by atoms with Crippen molar-refractivity contribution in [1.82, 2.24) is 9.62 Å². The van der Waals surface area contributed by atoms with E-state index >= 15 is 0 Å². The molecule has 0 aliphatic heterocycles. The van der Waals surface area contributed by atoms with Crippen molar-refractivity contribution in [1.29, 1.82) is 0 Å². The Kier molecular flexibility index (Phi) is 8.48. The third kappa shape index (κ3) is 5.80. The second kappa shape index (κ2) is 10.6. The van der Waals surface area contributed by atoms with Gasteiger partial charge < -0.3 is 9.80 Å². The molecule has 2 aromatic rings. The molecule has 0 aromatic heterocycles. The predicted molar refractivity (Wildman–Crippen MR) is 118 cm³/mol. The summed E-state index contributed by atoms with van der Waals surface area (Å²) in [4.78, 5) is 4.79. The third-order valence-corrected chi connectivity index (χ3v) is 6.45. The Bertz CT molecular complexity index is 834. The Balaban J connectivity index is 2.10. The van der Waals surface area contributed by atoms with E-state index in [1.165, 1.54) is 0 Å². The zero-order valence-electron chi connectivity index (χ0n) is 17.5. The summed E-state index contributed by atoms with van der Waals surface area (Å²) in [6.45, 7) is 12.4. The number of anilines is 2. The van der Waals surface area contributed by atoms with Crippen molar-refractivity contribution in [3.63, 3.8) is 0 Å². The average molecular weight is 404 g/mol. The fraction of sp³-hybridized carbons (Fsp3) is 0.455. The van der Waals surface area contributed by atoms with E-state index in [0.717, 1.165) is 49.5 Å². The zero-order valence-corrected chi connectivity index (χ0v) is 18.3. The topological polar surface area (TPSA) is 52.7 Å². The van der Waals surface area contributed by atoms with E-state index in [-0.39, 0.29) is 0 Å². The van der Waals surface area contributed by atoms with Gasteiger partial charge in [-0.3, -0.25) is 0 Å². The molecular weight excluding hydrogens is 370 g/mol. The van der Waals surface area contributed by atoms with Gasteiger partial charge in [-0.1, -0.05) is 32.0 Å². The van der Waals surface area contributed by atoms with E-state index < -0.39 is 10.0 Å². The molecule has 1 N–H and O–H groups in total. The first-order valence-electron chi connectivity index (χ1n) is 10.1. The molecule has 0 aliphatic carbocycles. The predicted octanol–water partition coefficient (Wildman–Crippen LogP) is 4.16. The van der Waals surface area contributed by atoms with Crippen molar-refractivity contribution in [3.8, 4) is 0 Å². The molecule has 0 saturated carbocycles.